The second kappa shape index (κ2) is 6.94. The van der Waals surface area contributed by atoms with Crippen molar-refractivity contribution in [2.75, 3.05) is 18.9 Å². The Kier molecular flexibility index (Phi) is 4.35. The van der Waals surface area contributed by atoms with Gasteiger partial charge in [0.05, 0.1) is 29.3 Å². The van der Waals surface area contributed by atoms with E-state index in [9.17, 15) is 0 Å². The van der Waals surface area contributed by atoms with Crippen molar-refractivity contribution in [3.05, 3.63) is 65.9 Å². The van der Waals surface area contributed by atoms with Crippen LogP contribution in [0.15, 0.2) is 48.9 Å². The van der Waals surface area contributed by atoms with Gasteiger partial charge in [-0.1, -0.05) is 12.1 Å². The fourth-order valence-corrected chi connectivity index (χ4v) is 3.04. The van der Waals surface area contributed by atoms with Gasteiger partial charge in [-0.2, -0.15) is 0 Å². The Balaban J connectivity index is 1.53. The monoisotopic (exact) mass is 332 g/mol. The molecule has 0 unspecified atom stereocenters. The standard InChI is InChI=1S/C19H20N6/c1-25-10-8-16-15(12-25)19(23-13-22-16)21-11-14-5-4-7-18(24-14)17-6-2-3-9-20-17/h2-7,9,13H,8,10-12H2,1H3,(H,21,22,23). The number of nitrogens with zero attached hydrogens (tertiary/aromatic N) is 5. The Morgan fingerprint density at radius 2 is 1.96 bits per heavy atom. The summed E-state index contributed by atoms with van der Waals surface area (Å²) in [7, 11) is 2.12. The lowest BCUT2D eigenvalue weighted by Gasteiger charge is -2.25. The normalized spacial score (nSPS) is 14.1. The van der Waals surface area contributed by atoms with Crippen molar-refractivity contribution in [1.82, 2.24) is 24.8 Å². The van der Waals surface area contributed by atoms with Gasteiger partial charge in [0.1, 0.15) is 12.1 Å². The van der Waals surface area contributed by atoms with Crippen molar-refractivity contribution < 1.29 is 0 Å². The Labute approximate surface area is 147 Å². The van der Waals surface area contributed by atoms with Crippen molar-refractivity contribution >= 4 is 5.82 Å². The Morgan fingerprint density at radius 3 is 2.84 bits per heavy atom. The van der Waals surface area contributed by atoms with Crippen LogP contribution in [-0.2, 0) is 19.5 Å². The van der Waals surface area contributed by atoms with E-state index in [2.05, 4.69) is 32.2 Å². The van der Waals surface area contributed by atoms with Crippen LogP contribution >= 0.6 is 0 Å². The number of fused-ring (bicyclic) bond motifs is 1. The van der Waals surface area contributed by atoms with Crippen LogP contribution in [-0.4, -0.2) is 38.4 Å². The molecule has 126 valence electrons. The first-order chi connectivity index (χ1) is 12.3. The maximum atomic E-state index is 4.71. The Morgan fingerprint density at radius 1 is 1.04 bits per heavy atom. The molecule has 3 aromatic rings. The number of likely N-dealkylation sites (N-methyl/N-ethyl adjacent to an activating group) is 1. The molecule has 4 rings (SSSR count). The lowest BCUT2D eigenvalue weighted by atomic mass is 10.1. The van der Waals surface area contributed by atoms with E-state index in [0.717, 1.165) is 48.1 Å². The zero-order chi connectivity index (χ0) is 17.1. The third-order valence-corrected chi connectivity index (χ3v) is 4.36. The van der Waals surface area contributed by atoms with Crippen molar-refractivity contribution in [3.63, 3.8) is 0 Å². The molecule has 0 bridgehead atoms. The van der Waals surface area contributed by atoms with E-state index in [0.29, 0.717) is 6.54 Å². The number of hydrogen-bond acceptors (Lipinski definition) is 6. The SMILES string of the molecule is CN1CCc2ncnc(NCc3cccc(-c4ccccn4)n3)c2C1. The fourth-order valence-electron chi connectivity index (χ4n) is 3.04. The van der Waals surface area contributed by atoms with E-state index in [1.807, 2.05) is 36.4 Å². The minimum atomic E-state index is 0.619. The van der Waals surface area contributed by atoms with Crippen LogP contribution in [0, 0.1) is 0 Å². The molecule has 6 heteroatoms. The number of anilines is 1. The van der Waals surface area contributed by atoms with Crippen LogP contribution in [0.1, 0.15) is 17.0 Å². The third-order valence-electron chi connectivity index (χ3n) is 4.36. The lowest BCUT2D eigenvalue weighted by Crippen LogP contribution is -2.28. The summed E-state index contributed by atoms with van der Waals surface area (Å²) in [6.45, 7) is 2.53. The summed E-state index contributed by atoms with van der Waals surface area (Å²) in [6, 6.07) is 11.8. The van der Waals surface area contributed by atoms with Gasteiger partial charge in [0.2, 0.25) is 0 Å². The molecule has 0 spiro atoms. The van der Waals surface area contributed by atoms with Crippen molar-refractivity contribution in [2.24, 2.45) is 0 Å². The zero-order valence-electron chi connectivity index (χ0n) is 14.2. The molecule has 0 fully saturated rings. The van der Waals surface area contributed by atoms with Gasteiger partial charge >= 0.3 is 0 Å². The molecule has 1 aliphatic heterocycles. The van der Waals surface area contributed by atoms with E-state index >= 15 is 0 Å². The second-order valence-electron chi connectivity index (χ2n) is 6.22. The number of rotatable bonds is 4. The molecule has 4 heterocycles. The molecule has 0 saturated heterocycles. The third kappa shape index (κ3) is 3.49. The molecule has 3 aromatic heterocycles. The average Bonchev–Trinajstić information content (AvgIpc) is 2.67. The summed E-state index contributed by atoms with van der Waals surface area (Å²) in [4.78, 5) is 20.2. The van der Waals surface area contributed by atoms with E-state index < -0.39 is 0 Å². The van der Waals surface area contributed by atoms with Crippen molar-refractivity contribution in [1.29, 1.82) is 0 Å². The molecule has 0 atom stereocenters. The summed E-state index contributed by atoms with van der Waals surface area (Å²) in [6.07, 6.45) is 4.40. The Bertz CT molecular complexity index is 865. The van der Waals surface area contributed by atoms with Crippen molar-refractivity contribution in [3.8, 4) is 11.4 Å². The quantitative estimate of drug-likeness (QED) is 0.792. The molecule has 0 saturated carbocycles. The van der Waals surface area contributed by atoms with Crippen LogP contribution in [0.25, 0.3) is 11.4 Å². The minimum Gasteiger partial charge on any atom is -0.364 e. The van der Waals surface area contributed by atoms with Gasteiger partial charge < -0.3 is 10.2 Å². The number of aromatic nitrogens is 4. The molecule has 25 heavy (non-hydrogen) atoms. The summed E-state index contributed by atoms with van der Waals surface area (Å²) in [5, 5.41) is 3.43. The number of pyridine rings is 2. The largest absolute Gasteiger partial charge is 0.364 e. The van der Waals surface area contributed by atoms with Gasteiger partial charge in [-0.05, 0) is 31.3 Å². The zero-order valence-corrected chi connectivity index (χ0v) is 14.2. The van der Waals surface area contributed by atoms with Crippen LogP contribution in [0.4, 0.5) is 5.82 Å². The van der Waals surface area contributed by atoms with E-state index in [4.69, 9.17) is 4.98 Å². The highest BCUT2D eigenvalue weighted by Crippen LogP contribution is 2.22. The summed E-state index contributed by atoms with van der Waals surface area (Å²) >= 11 is 0. The van der Waals surface area contributed by atoms with Crippen LogP contribution in [0.2, 0.25) is 0 Å². The highest BCUT2D eigenvalue weighted by Gasteiger charge is 2.18. The van der Waals surface area contributed by atoms with Gasteiger partial charge in [-0.3, -0.25) is 4.98 Å². The summed E-state index contributed by atoms with van der Waals surface area (Å²) < 4.78 is 0. The molecule has 0 aromatic carbocycles. The van der Waals surface area contributed by atoms with Gasteiger partial charge in [0.25, 0.3) is 0 Å². The van der Waals surface area contributed by atoms with Gasteiger partial charge in [-0.25, -0.2) is 15.0 Å². The predicted octanol–water partition coefficient (Wildman–Crippen LogP) is 2.53. The number of hydrogen-bond donors (Lipinski definition) is 1. The van der Waals surface area contributed by atoms with Gasteiger partial charge in [0, 0.05) is 31.3 Å². The first-order valence-corrected chi connectivity index (χ1v) is 8.42. The van der Waals surface area contributed by atoms with Gasteiger partial charge in [-0.15, -0.1) is 0 Å². The smallest absolute Gasteiger partial charge is 0.134 e. The molecule has 1 aliphatic rings. The highest BCUT2D eigenvalue weighted by molar-refractivity contribution is 5.54. The molecule has 0 radical (unpaired) electrons. The highest BCUT2D eigenvalue weighted by atomic mass is 15.1. The molecular formula is C19H20N6. The van der Waals surface area contributed by atoms with Crippen LogP contribution in [0.5, 0.6) is 0 Å². The van der Waals surface area contributed by atoms with E-state index in [-0.39, 0.29) is 0 Å². The van der Waals surface area contributed by atoms with Crippen LogP contribution < -0.4 is 5.32 Å². The molecule has 6 nitrogen and oxygen atoms in total. The van der Waals surface area contributed by atoms with Gasteiger partial charge in [0.15, 0.2) is 0 Å². The maximum absolute atomic E-state index is 4.71. The van der Waals surface area contributed by atoms with Crippen LogP contribution in [0.3, 0.4) is 0 Å². The van der Waals surface area contributed by atoms with E-state index in [1.54, 1.807) is 12.5 Å². The summed E-state index contributed by atoms with van der Waals surface area (Å²) in [5.41, 5.74) is 5.05. The lowest BCUT2D eigenvalue weighted by molar-refractivity contribution is 0.310. The average molecular weight is 332 g/mol. The fraction of sp³-hybridized carbons (Fsp3) is 0.263. The maximum Gasteiger partial charge on any atom is 0.134 e. The first-order valence-electron chi connectivity index (χ1n) is 8.42. The molecular weight excluding hydrogens is 312 g/mol. The predicted molar refractivity (Wildman–Crippen MR) is 96.9 cm³/mol. The first kappa shape index (κ1) is 15.7. The van der Waals surface area contributed by atoms with E-state index in [1.165, 1.54) is 5.56 Å². The second-order valence-corrected chi connectivity index (χ2v) is 6.22. The minimum absolute atomic E-state index is 0.619. The molecule has 0 amide bonds. The summed E-state index contributed by atoms with van der Waals surface area (Å²) in [5.74, 6) is 0.904. The topological polar surface area (TPSA) is 66.8 Å². The Hall–Kier alpha value is -2.86. The molecule has 1 N–H and O–H groups in total. The molecule has 0 aliphatic carbocycles. The van der Waals surface area contributed by atoms with Crippen molar-refractivity contribution in [2.45, 2.75) is 19.5 Å². The number of nitrogens with one attached hydrogen (secondary N) is 1.